The van der Waals surface area contributed by atoms with E-state index in [1.54, 1.807) is 4.90 Å². The molecule has 7 heteroatoms. The van der Waals surface area contributed by atoms with Crippen molar-refractivity contribution >= 4 is 5.91 Å². The molecule has 1 aromatic heterocycles. The molecule has 1 aliphatic carbocycles. The first kappa shape index (κ1) is 18.1. The maximum Gasteiger partial charge on any atom is 0.320 e. The van der Waals surface area contributed by atoms with Crippen LogP contribution in [-0.4, -0.2) is 53.3 Å². The number of benzene rings is 1. The van der Waals surface area contributed by atoms with Gasteiger partial charge in [-0.15, -0.1) is 0 Å². The number of hydrogen-bond acceptors (Lipinski definition) is 6. The Bertz CT molecular complexity index is 759. The van der Waals surface area contributed by atoms with Gasteiger partial charge in [-0.3, -0.25) is 4.79 Å². The fourth-order valence-corrected chi connectivity index (χ4v) is 3.42. The second-order valence-corrected chi connectivity index (χ2v) is 6.11. The number of aliphatic hydroxyl groups excluding tert-OH is 1. The molecule has 1 aromatic carbocycles. The highest BCUT2D eigenvalue weighted by Gasteiger charge is 2.30. The molecule has 3 rings (SSSR count). The molecule has 1 heterocycles. The number of aromatic nitrogens is 2. The average Bonchev–Trinajstić information content (AvgIpc) is 2.70. The lowest BCUT2D eigenvalue weighted by Crippen LogP contribution is -2.39. The zero-order valence-corrected chi connectivity index (χ0v) is 15.0. The van der Waals surface area contributed by atoms with Gasteiger partial charge in [-0.2, -0.15) is 9.97 Å². The lowest BCUT2D eigenvalue weighted by molar-refractivity contribution is 0.0602. The highest BCUT2D eigenvalue weighted by molar-refractivity contribution is 5.93. The normalized spacial score (nSPS) is 15.9. The second kappa shape index (κ2) is 8.14. The van der Waals surface area contributed by atoms with Crippen LogP contribution in [0.4, 0.5) is 0 Å². The van der Waals surface area contributed by atoms with Crippen molar-refractivity contribution in [3.8, 4) is 11.9 Å². The minimum absolute atomic E-state index is 0.0701. The number of aliphatic hydroxyl groups is 1. The molecule has 7 nitrogen and oxygen atoms in total. The van der Waals surface area contributed by atoms with Crippen LogP contribution >= 0.6 is 0 Å². The van der Waals surface area contributed by atoms with Gasteiger partial charge in [0.05, 0.1) is 26.9 Å². The van der Waals surface area contributed by atoms with E-state index in [0.29, 0.717) is 0 Å². The van der Waals surface area contributed by atoms with Crippen LogP contribution in [0.5, 0.6) is 11.9 Å². The van der Waals surface area contributed by atoms with Gasteiger partial charge in [0.2, 0.25) is 5.88 Å². The van der Waals surface area contributed by atoms with Crippen LogP contribution in [0.2, 0.25) is 0 Å². The van der Waals surface area contributed by atoms with Gasteiger partial charge in [0.15, 0.2) is 0 Å². The molecule has 0 aliphatic heterocycles. The number of hydrogen-bond donors (Lipinski definition) is 1. The molecular formula is C19H23N3O4. The van der Waals surface area contributed by atoms with Crippen LogP contribution in [0, 0.1) is 0 Å². The monoisotopic (exact) mass is 357 g/mol. The third kappa shape index (κ3) is 3.62. The zero-order valence-electron chi connectivity index (χ0n) is 15.0. The van der Waals surface area contributed by atoms with Gasteiger partial charge in [0.25, 0.3) is 5.91 Å². The average molecular weight is 357 g/mol. The van der Waals surface area contributed by atoms with Gasteiger partial charge < -0.3 is 19.5 Å². The Kier molecular flexibility index (Phi) is 5.68. The molecule has 0 saturated heterocycles. The number of carbonyl (C=O) groups excluding carboxylic acids is 1. The quantitative estimate of drug-likeness (QED) is 0.851. The topological polar surface area (TPSA) is 84.8 Å². The molecule has 0 radical (unpaired) electrons. The van der Waals surface area contributed by atoms with Gasteiger partial charge in [0.1, 0.15) is 5.69 Å². The molecule has 0 bridgehead atoms. The van der Waals surface area contributed by atoms with Crippen molar-refractivity contribution < 1.29 is 19.4 Å². The summed E-state index contributed by atoms with van der Waals surface area (Å²) in [5.41, 5.74) is 2.57. The predicted molar refractivity (Wildman–Crippen MR) is 95.4 cm³/mol. The molecule has 1 aliphatic rings. The van der Waals surface area contributed by atoms with Crippen LogP contribution in [0.25, 0.3) is 0 Å². The van der Waals surface area contributed by atoms with E-state index < -0.39 is 0 Å². The van der Waals surface area contributed by atoms with Crippen LogP contribution in [-0.2, 0) is 6.42 Å². The van der Waals surface area contributed by atoms with E-state index in [9.17, 15) is 9.90 Å². The number of aryl methyl sites for hydroxylation is 1. The van der Waals surface area contributed by atoms with Crippen molar-refractivity contribution in [2.75, 3.05) is 27.4 Å². The Morgan fingerprint density at radius 3 is 2.81 bits per heavy atom. The van der Waals surface area contributed by atoms with Crippen LogP contribution in [0.3, 0.4) is 0 Å². The number of carbonyl (C=O) groups is 1. The summed E-state index contributed by atoms with van der Waals surface area (Å²) < 4.78 is 10.2. The fourth-order valence-electron chi connectivity index (χ4n) is 3.42. The molecule has 0 spiro atoms. The number of methoxy groups -OCH3 is 2. The van der Waals surface area contributed by atoms with Crippen molar-refractivity contribution in [1.82, 2.24) is 14.9 Å². The standard InChI is InChI=1S/C19H23N3O4/c1-25-17-12-15(20-19(21-17)26-2)18(24)22(10-11-23)16-9-5-7-13-6-3-4-8-14(13)16/h3-4,6,8,12,16,23H,5,7,9-11H2,1-2H3/t16-/m1/s1. The zero-order chi connectivity index (χ0) is 18.5. The Balaban J connectivity index is 1.97. The van der Waals surface area contributed by atoms with E-state index in [1.807, 2.05) is 12.1 Å². The molecule has 138 valence electrons. The molecule has 0 saturated carbocycles. The summed E-state index contributed by atoms with van der Waals surface area (Å²) in [6.07, 6.45) is 2.85. The van der Waals surface area contributed by atoms with Crippen molar-refractivity contribution in [3.63, 3.8) is 0 Å². The molecule has 1 N–H and O–H groups in total. The van der Waals surface area contributed by atoms with Crippen molar-refractivity contribution in [1.29, 1.82) is 0 Å². The van der Waals surface area contributed by atoms with Crippen molar-refractivity contribution in [3.05, 3.63) is 47.2 Å². The summed E-state index contributed by atoms with van der Waals surface area (Å²) in [7, 11) is 2.91. The van der Waals surface area contributed by atoms with E-state index in [2.05, 4.69) is 22.1 Å². The second-order valence-electron chi connectivity index (χ2n) is 6.11. The number of rotatable bonds is 6. The summed E-state index contributed by atoms with van der Waals surface area (Å²) in [6, 6.07) is 9.61. The Morgan fingerprint density at radius 1 is 1.27 bits per heavy atom. The first-order valence-electron chi connectivity index (χ1n) is 8.64. The molecule has 0 unspecified atom stereocenters. The van der Waals surface area contributed by atoms with Gasteiger partial charge in [0, 0.05) is 12.6 Å². The summed E-state index contributed by atoms with van der Waals surface area (Å²) in [5.74, 6) is -0.0204. The largest absolute Gasteiger partial charge is 0.481 e. The predicted octanol–water partition coefficient (Wildman–Crippen LogP) is 2.01. The van der Waals surface area contributed by atoms with Gasteiger partial charge in [-0.25, -0.2) is 0 Å². The lowest BCUT2D eigenvalue weighted by atomic mass is 9.86. The smallest absolute Gasteiger partial charge is 0.320 e. The molecule has 26 heavy (non-hydrogen) atoms. The lowest BCUT2D eigenvalue weighted by Gasteiger charge is -2.35. The minimum Gasteiger partial charge on any atom is -0.481 e. The van der Waals surface area contributed by atoms with E-state index in [0.717, 1.165) is 24.8 Å². The molecule has 0 fully saturated rings. The number of amides is 1. The van der Waals surface area contributed by atoms with E-state index in [-0.39, 0.29) is 42.7 Å². The molecular weight excluding hydrogens is 334 g/mol. The Hall–Kier alpha value is -2.67. The van der Waals surface area contributed by atoms with E-state index in [1.165, 1.54) is 25.8 Å². The van der Waals surface area contributed by atoms with Gasteiger partial charge >= 0.3 is 6.01 Å². The third-order valence-corrected chi connectivity index (χ3v) is 4.61. The third-order valence-electron chi connectivity index (χ3n) is 4.61. The molecule has 1 atom stereocenters. The molecule has 1 amide bonds. The number of fused-ring (bicyclic) bond motifs is 1. The highest BCUT2D eigenvalue weighted by atomic mass is 16.5. The summed E-state index contributed by atoms with van der Waals surface area (Å²) in [4.78, 5) is 23.1. The van der Waals surface area contributed by atoms with Crippen LogP contribution in [0.15, 0.2) is 30.3 Å². The minimum atomic E-state index is -0.278. The first-order valence-corrected chi connectivity index (χ1v) is 8.64. The van der Waals surface area contributed by atoms with Crippen molar-refractivity contribution in [2.45, 2.75) is 25.3 Å². The molecule has 2 aromatic rings. The first-order chi connectivity index (χ1) is 12.7. The summed E-state index contributed by atoms with van der Waals surface area (Å²) >= 11 is 0. The SMILES string of the molecule is COc1cc(C(=O)N(CCO)[C@@H]2CCCc3ccccc32)nc(OC)n1. The number of ether oxygens (including phenoxy) is 2. The Morgan fingerprint density at radius 2 is 2.08 bits per heavy atom. The fraction of sp³-hybridized carbons (Fsp3) is 0.421. The highest BCUT2D eigenvalue weighted by Crippen LogP contribution is 2.35. The number of nitrogens with zero attached hydrogens (tertiary/aromatic N) is 3. The van der Waals surface area contributed by atoms with Gasteiger partial charge in [-0.1, -0.05) is 24.3 Å². The van der Waals surface area contributed by atoms with E-state index >= 15 is 0 Å². The van der Waals surface area contributed by atoms with Crippen molar-refractivity contribution in [2.24, 2.45) is 0 Å². The van der Waals surface area contributed by atoms with Gasteiger partial charge in [-0.05, 0) is 30.4 Å². The maximum absolute atomic E-state index is 13.2. The van der Waals surface area contributed by atoms with E-state index in [4.69, 9.17) is 9.47 Å². The summed E-state index contributed by atoms with van der Waals surface area (Å²) in [5, 5.41) is 9.54. The van der Waals surface area contributed by atoms with Crippen LogP contribution < -0.4 is 9.47 Å². The summed E-state index contributed by atoms with van der Waals surface area (Å²) in [6.45, 7) is 0.107. The van der Waals surface area contributed by atoms with Crippen LogP contribution in [0.1, 0.15) is 40.5 Å². The Labute approximate surface area is 152 Å². The maximum atomic E-state index is 13.2.